The van der Waals surface area contributed by atoms with E-state index in [4.69, 9.17) is 5.73 Å². The molecule has 0 unspecified atom stereocenters. The molecule has 0 bridgehead atoms. The maximum atomic E-state index is 5.90. The Morgan fingerprint density at radius 1 is 1.50 bits per heavy atom. The fraction of sp³-hybridized carbons (Fsp3) is 0.250. The van der Waals surface area contributed by atoms with E-state index in [-0.39, 0.29) is 0 Å². The van der Waals surface area contributed by atoms with Gasteiger partial charge in [-0.1, -0.05) is 0 Å². The van der Waals surface area contributed by atoms with Gasteiger partial charge in [0.05, 0.1) is 21.1 Å². The first-order valence-corrected chi connectivity index (χ1v) is 5.17. The maximum Gasteiger partial charge on any atom is 0.175 e. The second kappa shape index (κ2) is 3.26. The van der Waals surface area contributed by atoms with E-state index >= 15 is 0 Å². The van der Waals surface area contributed by atoms with E-state index in [1.54, 1.807) is 15.6 Å². The SMILES string of the molecule is Cc1nn(C)c(-n2cc(I)cn2)c1N. The van der Waals surface area contributed by atoms with Gasteiger partial charge in [0.2, 0.25) is 0 Å². The Morgan fingerprint density at radius 2 is 2.21 bits per heavy atom. The summed E-state index contributed by atoms with van der Waals surface area (Å²) in [4.78, 5) is 0. The summed E-state index contributed by atoms with van der Waals surface area (Å²) in [5.41, 5.74) is 7.40. The Hall–Kier alpha value is -1.05. The van der Waals surface area contributed by atoms with Crippen LogP contribution in [-0.2, 0) is 7.05 Å². The molecule has 0 aromatic carbocycles. The van der Waals surface area contributed by atoms with Crippen LogP contribution in [0.5, 0.6) is 0 Å². The Kier molecular flexibility index (Phi) is 2.22. The van der Waals surface area contributed by atoms with Crippen LogP contribution in [0.15, 0.2) is 12.4 Å². The molecule has 2 aromatic rings. The second-order valence-electron chi connectivity index (χ2n) is 3.05. The van der Waals surface area contributed by atoms with Crippen molar-refractivity contribution in [2.45, 2.75) is 6.92 Å². The van der Waals surface area contributed by atoms with Crippen molar-refractivity contribution in [3.05, 3.63) is 21.7 Å². The largest absolute Gasteiger partial charge is 0.394 e. The maximum absolute atomic E-state index is 5.90. The predicted molar refractivity (Wildman–Crippen MR) is 62.2 cm³/mol. The molecule has 2 aromatic heterocycles. The first-order chi connectivity index (χ1) is 6.59. The van der Waals surface area contributed by atoms with E-state index in [1.807, 2.05) is 20.2 Å². The zero-order valence-corrected chi connectivity index (χ0v) is 10.1. The molecule has 2 N–H and O–H groups in total. The summed E-state index contributed by atoms with van der Waals surface area (Å²) < 4.78 is 4.53. The second-order valence-corrected chi connectivity index (χ2v) is 4.30. The van der Waals surface area contributed by atoms with Gasteiger partial charge in [0.1, 0.15) is 0 Å². The van der Waals surface area contributed by atoms with Crippen LogP contribution in [0.2, 0.25) is 0 Å². The van der Waals surface area contributed by atoms with Crippen molar-refractivity contribution >= 4 is 28.3 Å². The van der Waals surface area contributed by atoms with Crippen molar-refractivity contribution in [2.75, 3.05) is 5.73 Å². The van der Waals surface area contributed by atoms with Gasteiger partial charge in [-0.2, -0.15) is 10.2 Å². The minimum absolute atomic E-state index is 0.673. The molecule has 0 saturated heterocycles. The van der Waals surface area contributed by atoms with Crippen LogP contribution in [0.1, 0.15) is 5.69 Å². The molecule has 0 radical (unpaired) electrons. The molecule has 0 amide bonds. The van der Waals surface area contributed by atoms with Crippen molar-refractivity contribution in [2.24, 2.45) is 7.05 Å². The molecule has 0 atom stereocenters. The van der Waals surface area contributed by atoms with Crippen LogP contribution in [0.25, 0.3) is 5.82 Å². The molecule has 0 fully saturated rings. The molecule has 0 aliphatic heterocycles. The van der Waals surface area contributed by atoms with E-state index in [0.717, 1.165) is 15.1 Å². The molecule has 0 aliphatic carbocycles. The minimum atomic E-state index is 0.673. The van der Waals surface area contributed by atoms with E-state index in [9.17, 15) is 0 Å². The zero-order chi connectivity index (χ0) is 10.3. The Balaban J connectivity index is 2.61. The van der Waals surface area contributed by atoms with Gasteiger partial charge < -0.3 is 5.73 Å². The van der Waals surface area contributed by atoms with Crippen molar-refractivity contribution in [3.63, 3.8) is 0 Å². The smallest absolute Gasteiger partial charge is 0.175 e. The number of nitrogen functional groups attached to an aromatic ring is 1. The lowest BCUT2D eigenvalue weighted by molar-refractivity contribution is 0.694. The molecule has 2 rings (SSSR count). The molecule has 0 saturated carbocycles. The predicted octanol–water partition coefficient (Wildman–Crippen LogP) is 1.10. The molecule has 0 spiro atoms. The third-order valence-corrected chi connectivity index (χ3v) is 2.56. The number of hydrogen-bond donors (Lipinski definition) is 1. The average Bonchev–Trinajstić information content (AvgIpc) is 2.60. The highest BCUT2D eigenvalue weighted by Crippen LogP contribution is 2.19. The summed E-state index contributed by atoms with van der Waals surface area (Å²) >= 11 is 2.20. The number of halogens is 1. The van der Waals surface area contributed by atoms with E-state index in [0.29, 0.717) is 5.69 Å². The summed E-state index contributed by atoms with van der Waals surface area (Å²) in [6.07, 6.45) is 3.69. The number of nitrogens with zero attached hydrogens (tertiary/aromatic N) is 4. The summed E-state index contributed by atoms with van der Waals surface area (Å²) in [5.74, 6) is 0.811. The number of aromatic nitrogens is 4. The Labute approximate surface area is 95.0 Å². The van der Waals surface area contributed by atoms with Crippen LogP contribution < -0.4 is 5.73 Å². The lowest BCUT2D eigenvalue weighted by atomic mass is 10.4. The van der Waals surface area contributed by atoms with Crippen molar-refractivity contribution in [1.82, 2.24) is 19.6 Å². The topological polar surface area (TPSA) is 61.7 Å². The quantitative estimate of drug-likeness (QED) is 0.803. The Bertz CT molecular complexity index is 470. The van der Waals surface area contributed by atoms with Gasteiger partial charge in [0, 0.05) is 13.2 Å². The fourth-order valence-corrected chi connectivity index (χ4v) is 1.74. The standard InChI is InChI=1S/C8H10IN5/c1-5-7(10)8(13(2)12-5)14-4-6(9)3-11-14/h3-4H,10H2,1-2H3. The average molecular weight is 303 g/mol. The summed E-state index contributed by atoms with van der Waals surface area (Å²) in [6.45, 7) is 1.88. The van der Waals surface area contributed by atoms with Gasteiger partial charge in [0.25, 0.3) is 0 Å². The third kappa shape index (κ3) is 1.39. The highest BCUT2D eigenvalue weighted by molar-refractivity contribution is 14.1. The first kappa shape index (κ1) is 9.50. The third-order valence-electron chi connectivity index (χ3n) is 2.01. The van der Waals surface area contributed by atoms with Crippen LogP contribution in [0, 0.1) is 10.5 Å². The number of aryl methyl sites for hydroxylation is 2. The zero-order valence-electron chi connectivity index (χ0n) is 7.90. The summed E-state index contributed by atoms with van der Waals surface area (Å²) in [5, 5.41) is 8.41. The van der Waals surface area contributed by atoms with E-state index in [1.165, 1.54) is 0 Å². The van der Waals surface area contributed by atoms with E-state index < -0.39 is 0 Å². The highest BCUT2D eigenvalue weighted by Gasteiger charge is 2.12. The van der Waals surface area contributed by atoms with Gasteiger partial charge in [0.15, 0.2) is 5.82 Å². The van der Waals surface area contributed by atoms with E-state index in [2.05, 4.69) is 32.8 Å². The number of anilines is 1. The molecule has 74 valence electrons. The lowest BCUT2D eigenvalue weighted by Crippen LogP contribution is -2.05. The lowest BCUT2D eigenvalue weighted by Gasteiger charge is -2.01. The number of rotatable bonds is 1. The normalized spacial score (nSPS) is 10.8. The minimum Gasteiger partial charge on any atom is -0.394 e. The summed E-state index contributed by atoms with van der Waals surface area (Å²) in [7, 11) is 1.85. The molecular weight excluding hydrogens is 293 g/mol. The summed E-state index contributed by atoms with van der Waals surface area (Å²) in [6, 6.07) is 0. The van der Waals surface area contributed by atoms with Gasteiger partial charge in [-0.3, -0.25) is 0 Å². The fourth-order valence-electron chi connectivity index (χ4n) is 1.35. The van der Waals surface area contributed by atoms with Crippen LogP contribution >= 0.6 is 22.6 Å². The van der Waals surface area contributed by atoms with Crippen molar-refractivity contribution in [1.29, 1.82) is 0 Å². The number of nitrogens with two attached hydrogens (primary N) is 1. The van der Waals surface area contributed by atoms with Crippen LogP contribution in [0.3, 0.4) is 0 Å². The first-order valence-electron chi connectivity index (χ1n) is 4.09. The highest BCUT2D eigenvalue weighted by atomic mass is 127. The molecule has 5 nitrogen and oxygen atoms in total. The molecule has 0 aliphatic rings. The Morgan fingerprint density at radius 3 is 2.64 bits per heavy atom. The van der Waals surface area contributed by atoms with Gasteiger partial charge in [-0.15, -0.1) is 0 Å². The molecule has 14 heavy (non-hydrogen) atoms. The van der Waals surface area contributed by atoms with Crippen molar-refractivity contribution < 1.29 is 0 Å². The van der Waals surface area contributed by atoms with Crippen LogP contribution in [0.4, 0.5) is 5.69 Å². The number of hydrogen-bond acceptors (Lipinski definition) is 3. The van der Waals surface area contributed by atoms with Crippen LogP contribution in [-0.4, -0.2) is 19.6 Å². The molecular formula is C8H10IN5. The molecule has 2 heterocycles. The van der Waals surface area contributed by atoms with Gasteiger partial charge in [-0.25, -0.2) is 9.36 Å². The van der Waals surface area contributed by atoms with Gasteiger partial charge >= 0.3 is 0 Å². The van der Waals surface area contributed by atoms with Gasteiger partial charge in [-0.05, 0) is 29.5 Å². The van der Waals surface area contributed by atoms with Crippen molar-refractivity contribution in [3.8, 4) is 5.82 Å². The monoisotopic (exact) mass is 303 g/mol. The molecule has 6 heteroatoms.